The van der Waals surface area contributed by atoms with E-state index in [0.717, 1.165) is 12.1 Å². The van der Waals surface area contributed by atoms with Crippen LogP contribution in [-0.2, 0) is 22.1 Å². The molecule has 0 saturated heterocycles. The van der Waals surface area contributed by atoms with Crippen LogP contribution in [0.25, 0.3) is 0 Å². The number of nitrogens with one attached hydrogen (secondary N) is 1. The second-order valence-electron chi connectivity index (χ2n) is 6.21. The van der Waals surface area contributed by atoms with E-state index >= 15 is 0 Å². The summed E-state index contributed by atoms with van der Waals surface area (Å²) in [5, 5.41) is 2.43. The van der Waals surface area contributed by atoms with Crippen LogP contribution in [0.4, 0.5) is 18.0 Å². The van der Waals surface area contributed by atoms with E-state index in [2.05, 4.69) is 5.32 Å². The number of alkyl halides is 3. The molecule has 1 rings (SSSR count). The Bertz CT molecular complexity index is 559. The molecule has 1 aromatic carbocycles. The Morgan fingerprint density at radius 2 is 1.65 bits per heavy atom. The lowest BCUT2D eigenvalue weighted by molar-refractivity contribution is -0.137. The van der Waals surface area contributed by atoms with Crippen molar-refractivity contribution in [3.05, 3.63) is 35.4 Å². The predicted octanol–water partition coefficient (Wildman–Crippen LogP) is 3.73. The summed E-state index contributed by atoms with van der Waals surface area (Å²) < 4.78 is 42.6. The Balaban J connectivity index is 2.77. The van der Waals surface area contributed by atoms with E-state index in [1.807, 2.05) is 0 Å². The molecule has 0 aliphatic carbocycles. The van der Waals surface area contributed by atoms with Crippen molar-refractivity contribution in [2.45, 2.75) is 51.9 Å². The van der Waals surface area contributed by atoms with Gasteiger partial charge in [-0.1, -0.05) is 12.1 Å². The van der Waals surface area contributed by atoms with Gasteiger partial charge in [0, 0.05) is 0 Å². The third-order valence-corrected chi connectivity index (χ3v) is 2.90. The van der Waals surface area contributed by atoms with Crippen LogP contribution in [0.1, 0.15) is 38.8 Å². The lowest BCUT2D eigenvalue weighted by Gasteiger charge is -2.22. The van der Waals surface area contributed by atoms with Crippen molar-refractivity contribution in [3.63, 3.8) is 0 Å². The van der Waals surface area contributed by atoms with E-state index in [4.69, 9.17) is 4.74 Å². The summed E-state index contributed by atoms with van der Waals surface area (Å²) in [7, 11) is 0. The minimum atomic E-state index is -4.41. The van der Waals surface area contributed by atoms with Gasteiger partial charge in [0.05, 0.1) is 11.6 Å². The number of ether oxygens (including phenoxy) is 1. The van der Waals surface area contributed by atoms with Crippen LogP contribution in [0.5, 0.6) is 0 Å². The van der Waals surface area contributed by atoms with Gasteiger partial charge >= 0.3 is 12.3 Å². The smallest absolute Gasteiger partial charge is 0.416 e. The summed E-state index contributed by atoms with van der Waals surface area (Å²) in [5.74, 6) is -0.309. The normalized spacial score (nSPS) is 13.3. The second-order valence-corrected chi connectivity index (χ2v) is 6.21. The lowest BCUT2D eigenvalue weighted by atomic mass is 10.0. The van der Waals surface area contributed by atoms with Gasteiger partial charge in [0.25, 0.3) is 0 Å². The quantitative estimate of drug-likeness (QED) is 0.914. The van der Waals surface area contributed by atoms with Crippen LogP contribution in [0, 0.1) is 0 Å². The van der Waals surface area contributed by atoms with Gasteiger partial charge in [0.1, 0.15) is 5.60 Å². The fourth-order valence-corrected chi connectivity index (χ4v) is 1.81. The molecule has 1 amide bonds. The maximum Gasteiger partial charge on any atom is 0.416 e. The summed E-state index contributed by atoms with van der Waals surface area (Å²) in [6.45, 7) is 6.35. The molecule has 0 unspecified atom stereocenters. The number of rotatable bonds is 4. The highest BCUT2D eigenvalue weighted by Crippen LogP contribution is 2.29. The molecule has 4 nitrogen and oxygen atoms in total. The van der Waals surface area contributed by atoms with Gasteiger partial charge in [-0.3, -0.25) is 4.79 Å². The van der Waals surface area contributed by atoms with Crippen molar-refractivity contribution in [3.8, 4) is 0 Å². The Morgan fingerprint density at radius 3 is 2.04 bits per heavy atom. The molecule has 0 aromatic heterocycles. The lowest BCUT2D eigenvalue weighted by Crippen LogP contribution is -2.43. The monoisotopic (exact) mass is 331 g/mol. The number of carbonyl (C=O) groups excluding carboxylic acids is 2. The topological polar surface area (TPSA) is 55.4 Å². The number of hydrogen-bond acceptors (Lipinski definition) is 3. The van der Waals surface area contributed by atoms with E-state index in [-0.39, 0.29) is 12.2 Å². The number of amides is 1. The summed E-state index contributed by atoms with van der Waals surface area (Å²) in [6.07, 6.45) is -5.07. The minimum absolute atomic E-state index is 0.0900. The zero-order valence-corrected chi connectivity index (χ0v) is 13.5. The summed E-state index contributed by atoms with van der Waals surface area (Å²) in [5.41, 5.74) is -0.963. The molecule has 1 atom stereocenters. The molecule has 7 heteroatoms. The molecule has 1 aromatic rings. The van der Waals surface area contributed by atoms with Crippen LogP contribution in [0.2, 0.25) is 0 Å². The molecule has 0 bridgehead atoms. The highest BCUT2D eigenvalue weighted by Gasteiger charge is 2.30. The maximum atomic E-state index is 12.5. The molecule has 1 N–H and O–H groups in total. The highest BCUT2D eigenvalue weighted by atomic mass is 19.4. The standard InChI is InChI=1S/C16H20F3NO3/c1-10(21)13(20-14(22)23-15(2,3)4)9-11-5-7-12(8-6-11)16(17,18)19/h5-8,13H,9H2,1-4H3,(H,20,22)/t13-/m1/s1. The van der Waals surface area contributed by atoms with Crippen molar-refractivity contribution in [2.24, 2.45) is 0 Å². The van der Waals surface area contributed by atoms with Crippen LogP contribution in [0.15, 0.2) is 24.3 Å². The van der Waals surface area contributed by atoms with Gasteiger partial charge in [-0.05, 0) is 51.8 Å². The van der Waals surface area contributed by atoms with Crippen molar-refractivity contribution in [1.29, 1.82) is 0 Å². The fourth-order valence-electron chi connectivity index (χ4n) is 1.81. The molecule has 128 valence electrons. The van der Waals surface area contributed by atoms with Crippen molar-refractivity contribution < 1.29 is 27.5 Å². The number of ketones is 1. The summed E-state index contributed by atoms with van der Waals surface area (Å²) in [6, 6.07) is 3.60. The molecule has 0 fully saturated rings. The third-order valence-electron chi connectivity index (χ3n) is 2.90. The van der Waals surface area contributed by atoms with Crippen LogP contribution >= 0.6 is 0 Å². The number of hydrogen-bond donors (Lipinski definition) is 1. The molecule has 0 spiro atoms. The summed E-state index contributed by atoms with van der Waals surface area (Å²) in [4.78, 5) is 23.3. The van der Waals surface area contributed by atoms with Gasteiger partial charge in [0.15, 0.2) is 5.78 Å². The number of Topliss-reactive ketones (excluding diaryl/α,β-unsaturated/α-hetero) is 1. The van der Waals surface area contributed by atoms with E-state index in [0.29, 0.717) is 5.56 Å². The second kappa shape index (κ2) is 7.02. The molecule has 0 aliphatic heterocycles. The van der Waals surface area contributed by atoms with E-state index in [1.54, 1.807) is 20.8 Å². The van der Waals surface area contributed by atoms with Crippen LogP contribution in [-0.4, -0.2) is 23.5 Å². The zero-order chi connectivity index (χ0) is 17.8. The van der Waals surface area contributed by atoms with Gasteiger partial charge in [-0.15, -0.1) is 0 Å². The molecule has 0 aliphatic rings. The van der Waals surface area contributed by atoms with Gasteiger partial charge in [-0.25, -0.2) is 4.79 Å². The molecular formula is C16H20F3NO3. The van der Waals surface area contributed by atoms with E-state index in [1.165, 1.54) is 19.1 Å². The van der Waals surface area contributed by atoms with Gasteiger partial charge in [-0.2, -0.15) is 13.2 Å². The number of benzene rings is 1. The van der Waals surface area contributed by atoms with Crippen molar-refractivity contribution in [1.82, 2.24) is 5.32 Å². The first-order valence-electron chi connectivity index (χ1n) is 7.04. The maximum absolute atomic E-state index is 12.5. The Kier molecular flexibility index (Phi) is 5.80. The Morgan fingerprint density at radius 1 is 1.13 bits per heavy atom. The average Bonchev–Trinajstić information content (AvgIpc) is 2.35. The number of carbonyl (C=O) groups is 2. The van der Waals surface area contributed by atoms with Crippen LogP contribution < -0.4 is 5.32 Å². The first-order chi connectivity index (χ1) is 10.4. The van der Waals surface area contributed by atoms with Crippen molar-refractivity contribution >= 4 is 11.9 Å². The van der Waals surface area contributed by atoms with Gasteiger partial charge in [0.2, 0.25) is 0 Å². The van der Waals surface area contributed by atoms with E-state index in [9.17, 15) is 22.8 Å². The molecule has 0 saturated carbocycles. The molecule has 0 heterocycles. The third kappa shape index (κ3) is 6.71. The first kappa shape index (κ1) is 19.0. The fraction of sp³-hybridized carbons (Fsp3) is 0.500. The largest absolute Gasteiger partial charge is 0.444 e. The number of halogens is 3. The molecular weight excluding hydrogens is 311 g/mol. The SMILES string of the molecule is CC(=O)[C@@H](Cc1ccc(C(F)(F)F)cc1)NC(=O)OC(C)(C)C. The Hall–Kier alpha value is -2.05. The van der Waals surface area contributed by atoms with Crippen LogP contribution in [0.3, 0.4) is 0 Å². The predicted molar refractivity (Wildman–Crippen MR) is 79.0 cm³/mol. The zero-order valence-electron chi connectivity index (χ0n) is 13.5. The van der Waals surface area contributed by atoms with E-state index < -0.39 is 29.5 Å². The first-order valence-corrected chi connectivity index (χ1v) is 7.04. The van der Waals surface area contributed by atoms with Crippen molar-refractivity contribution in [2.75, 3.05) is 0 Å². The molecule has 0 radical (unpaired) electrons. The Labute approximate surface area is 133 Å². The van der Waals surface area contributed by atoms with Gasteiger partial charge < -0.3 is 10.1 Å². The summed E-state index contributed by atoms with van der Waals surface area (Å²) >= 11 is 0. The highest BCUT2D eigenvalue weighted by molar-refractivity contribution is 5.85. The molecule has 23 heavy (non-hydrogen) atoms. The minimum Gasteiger partial charge on any atom is -0.444 e. The average molecular weight is 331 g/mol. The number of alkyl carbamates (subject to hydrolysis) is 1.